The van der Waals surface area contributed by atoms with Gasteiger partial charge in [-0.1, -0.05) is 18.2 Å². The van der Waals surface area contributed by atoms with Gasteiger partial charge in [-0.25, -0.2) is 9.50 Å². The molecule has 2 aromatic heterocycles. The summed E-state index contributed by atoms with van der Waals surface area (Å²) in [4.78, 5) is 29.7. The van der Waals surface area contributed by atoms with Crippen molar-refractivity contribution in [2.24, 2.45) is 0 Å². The Balaban J connectivity index is 1.73. The van der Waals surface area contributed by atoms with Crippen LogP contribution in [0.2, 0.25) is 0 Å². The van der Waals surface area contributed by atoms with Crippen LogP contribution in [0.1, 0.15) is 39.5 Å². The fraction of sp³-hybridized carbons (Fsp3) is 0.300. The number of para-hydroxylation sites is 1. The van der Waals surface area contributed by atoms with Crippen LogP contribution in [0, 0.1) is 6.92 Å². The maximum Gasteiger partial charge on any atom is 0.253 e. The molecule has 1 unspecified atom stereocenters. The molecular formula is C20H21N5O3. The summed E-state index contributed by atoms with van der Waals surface area (Å²) >= 11 is 0. The summed E-state index contributed by atoms with van der Waals surface area (Å²) in [6, 6.07) is 7.56. The number of ether oxygens (including phenoxy) is 1. The number of aryl methyl sites for hydroxylation is 1. The molecule has 144 valence electrons. The third-order valence-electron chi connectivity index (χ3n) is 4.98. The van der Waals surface area contributed by atoms with E-state index < -0.39 is 5.92 Å². The summed E-state index contributed by atoms with van der Waals surface area (Å²) < 4.78 is 6.62. The van der Waals surface area contributed by atoms with Crippen LogP contribution in [0.5, 0.6) is 0 Å². The first-order chi connectivity index (χ1) is 13.6. The first-order valence-corrected chi connectivity index (χ1v) is 9.11. The van der Waals surface area contributed by atoms with Crippen molar-refractivity contribution in [1.29, 1.82) is 0 Å². The average molecular weight is 379 g/mol. The number of carbonyl (C=O) groups excluding carboxylic acids is 2. The minimum absolute atomic E-state index is 0.132. The fourth-order valence-electron chi connectivity index (χ4n) is 3.62. The number of anilines is 1. The van der Waals surface area contributed by atoms with E-state index in [2.05, 4.69) is 20.7 Å². The van der Waals surface area contributed by atoms with Crippen LogP contribution < -0.4 is 10.6 Å². The van der Waals surface area contributed by atoms with Crippen molar-refractivity contribution in [2.75, 3.05) is 25.6 Å². The molecule has 1 aromatic carbocycles. The van der Waals surface area contributed by atoms with Crippen LogP contribution in [-0.2, 0) is 9.53 Å². The van der Waals surface area contributed by atoms with Crippen molar-refractivity contribution in [2.45, 2.75) is 19.3 Å². The Hall–Kier alpha value is -3.26. The molecule has 8 nitrogen and oxygen atoms in total. The van der Waals surface area contributed by atoms with Gasteiger partial charge in [-0.3, -0.25) is 9.59 Å². The zero-order valence-corrected chi connectivity index (χ0v) is 15.7. The molecule has 1 aliphatic heterocycles. The van der Waals surface area contributed by atoms with Crippen LogP contribution >= 0.6 is 0 Å². The van der Waals surface area contributed by atoms with E-state index in [1.807, 2.05) is 31.2 Å². The zero-order chi connectivity index (χ0) is 19.7. The van der Waals surface area contributed by atoms with E-state index >= 15 is 0 Å². The molecule has 0 radical (unpaired) electrons. The Labute approximate surface area is 161 Å². The molecule has 1 atom stereocenters. The van der Waals surface area contributed by atoms with Gasteiger partial charge in [-0.15, -0.1) is 0 Å². The summed E-state index contributed by atoms with van der Waals surface area (Å²) in [5, 5.41) is 10.0. The summed E-state index contributed by atoms with van der Waals surface area (Å²) in [6.45, 7) is 2.96. The summed E-state index contributed by atoms with van der Waals surface area (Å²) in [5.74, 6) is -0.845. The van der Waals surface area contributed by atoms with Gasteiger partial charge >= 0.3 is 0 Å². The second-order valence-corrected chi connectivity index (χ2v) is 6.72. The first kappa shape index (κ1) is 18.1. The van der Waals surface area contributed by atoms with Gasteiger partial charge in [0.15, 0.2) is 0 Å². The highest BCUT2D eigenvalue weighted by molar-refractivity contribution is 6.06. The maximum atomic E-state index is 12.7. The standard InChI is InChI=1S/C20H21N5O3/c1-12-14(19(26)21-8-5-9-28-2)10-25-18(12)17(22-11-23-25)16-13-6-3-4-7-15(13)24-20(16)27/h3-4,6-7,10-11,16H,5,8-9H2,1-2H3,(H,21,26)(H,24,27). The minimum Gasteiger partial charge on any atom is -0.385 e. The molecule has 28 heavy (non-hydrogen) atoms. The number of methoxy groups -OCH3 is 1. The second kappa shape index (κ2) is 7.40. The number of fused-ring (bicyclic) bond motifs is 2. The second-order valence-electron chi connectivity index (χ2n) is 6.72. The molecule has 0 bridgehead atoms. The lowest BCUT2D eigenvalue weighted by Crippen LogP contribution is -2.25. The van der Waals surface area contributed by atoms with E-state index in [0.717, 1.165) is 23.2 Å². The molecule has 2 N–H and O–H groups in total. The molecule has 0 fully saturated rings. The van der Waals surface area contributed by atoms with Crippen molar-refractivity contribution in [3.05, 3.63) is 59.2 Å². The third kappa shape index (κ3) is 3.01. The number of aromatic nitrogens is 3. The molecule has 0 spiro atoms. The number of nitrogens with one attached hydrogen (secondary N) is 2. The number of carbonyl (C=O) groups is 2. The largest absolute Gasteiger partial charge is 0.385 e. The number of benzene rings is 1. The number of rotatable bonds is 6. The van der Waals surface area contributed by atoms with E-state index in [1.165, 1.54) is 6.33 Å². The highest BCUT2D eigenvalue weighted by Gasteiger charge is 2.35. The minimum atomic E-state index is -0.534. The van der Waals surface area contributed by atoms with Gasteiger partial charge < -0.3 is 15.4 Å². The van der Waals surface area contributed by atoms with E-state index in [0.29, 0.717) is 29.9 Å². The van der Waals surface area contributed by atoms with Gasteiger partial charge in [0.1, 0.15) is 12.2 Å². The van der Waals surface area contributed by atoms with Crippen molar-refractivity contribution in [3.8, 4) is 0 Å². The topological polar surface area (TPSA) is 97.6 Å². The normalized spacial score (nSPS) is 15.5. The predicted molar refractivity (Wildman–Crippen MR) is 103 cm³/mol. The van der Waals surface area contributed by atoms with E-state index in [4.69, 9.17) is 4.74 Å². The molecule has 3 heterocycles. The Morgan fingerprint density at radius 1 is 1.36 bits per heavy atom. The number of hydrogen-bond donors (Lipinski definition) is 2. The van der Waals surface area contributed by atoms with Gasteiger partial charge in [0.2, 0.25) is 5.91 Å². The zero-order valence-electron chi connectivity index (χ0n) is 15.7. The molecule has 1 aliphatic rings. The van der Waals surface area contributed by atoms with Crippen LogP contribution in [0.3, 0.4) is 0 Å². The monoisotopic (exact) mass is 379 g/mol. The van der Waals surface area contributed by atoms with Gasteiger partial charge in [-0.05, 0) is 30.5 Å². The lowest BCUT2D eigenvalue weighted by atomic mass is 9.95. The van der Waals surface area contributed by atoms with Gasteiger partial charge in [0.25, 0.3) is 5.91 Å². The van der Waals surface area contributed by atoms with Crippen molar-refractivity contribution < 1.29 is 14.3 Å². The van der Waals surface area contributed by atoms with Crippen LogP contribution in [0.15, 0.2) is 36.8 Å². The Kier molecular flexibility index (Phi) is 4.79. The van der Waals surface area contributed by atoms with Crippen LogP contribution in [-0.4, -0.2) is 46.7 Å². The van der Waals surface area contributed by atoms with Gasteiger partial charge in [-0.2, -0.15) is 5.10 Å². The number of hydrogen-bond acceptors (Lipinski definition) is 5. The molecule has 4 rings (SSSR count). The maximum absolute atomic E-state index is 12.7. The fourth-order valence-corrected chi connectivity index (χ4v) is 3.62. The highest BCUT2D eigenvalue weighted by Crippen LogP contribution is 2.38. The first-order valence-electron chi connectivity index (χ1n) is 9.11. The average Bonchev–Trinajstić information content (AvgIpc) is 3.21. The molecule has 0 saturated heterocycles. The molecular weight excluding hydrogens is 358 g/mol. The van der Waals surface area contributed by atoms with E-state index in [-0.39, 0.29) is 11.8 Å². The Bertz CT molecular complexity index is 1060. The molecule has 0 saturated carbocycles. The summed E-state index contributed by atoms with van der Waals surface area (Å²) in [6.07, 6.45) is 3.83. The predicted octanol–water partition coefficient (Wildman–Crippen LogP) is 1.89. The van der Waals surface area contributed by atoms with Gasteiger partial charge in [0.05, 0.1) is 16.8 Å². The smallest absolute Gasteiger partial charge is 0.253 e. The van der Waals surface area contributed by atoms with Crippen molar-refractivity contribution in [1.82, 2.24) is 19.9 Å². The lowest BCUT2D eigenvalue weighted by Gasteiger charge is -2.10. The van der Waals surface area contributed by atoms with Gasteiger partial charge in [0, 0.05) is 32.1 Å². The van der Waals surface area contributed by atoms with Crippen LogP contribution in [0.25, 0.3) is 5.52 Å². The highest BCUT2D eigenvalue weighted by atomic mass is 16.5. The summed E-state index contributed by atoms with van der Waals surface area (Å²) in [7, 11) is 1.63. The molecule has 2 amide bonds. The van der Waals surface area contributed by atoms with Crippen molar-refractivity contribution in [3.63, 3.8) is 0 Å². The van der Waals surface area contributed by atoms with Crippen molar-refractivity contribution >= 4 is 23.0 Å². The Morgan fingerprint density at radius 3 is 3.00 bits per heavy atom. The lowest BCUT2D eigenvalue weighted by molar-refractivity contribution is -0.116. The number of amides is 2. The van der Waals surface area contributed by atoms with E-state index in [1.54, 1.807) is 17.8 Å². The SMILES string of the molecule is COCCCNC(=O)c1cn2ncnc(C3C(=O)Nc4ccccc43)c2c1C. The molecule has 8 heteroatoms. The number of nitrogens with zero attached hydrogens (tertiary/aromatic N) is 3. The third-order valence-corrected chi connectivity index (χ3v) is 4.98. The van der Waals surface area contributed by atoms with E-state index in [9.17, 15) is 9.59 Å². The van der Waals surface area contributed by atoms with Crippen LogP contribution in [0.4, 0.5) is 5.69 Å². The summed E-state index contributed by atoms with van der Waals surface area (Å²) in [5.41, 5.74) is 4.20. The Morgan fingerprint density at radius 2 is 2.18 bits per heavy atom. The molecule has 0 aliphatic carbocycles. The quantitative estimate of drug-likeness (QED) is 0.638. The molecule has 3 aromatic rings.